The Morgan fingerprint density at radius 1 is 1.29 bits per heavy atom. The predicted molar refractivity (Wildman–Crippen MR) is 119 cm³/mol. The summed E-state index contributed by atoms with van der Waals surface area (Å²) in [7, 11) is 4.09. The van der Waals surface area contributed by atoms with Gasteiger partial charge < -0.3 is 24.2 Å². The molecule has 168 valence electrons. The summed E-state index contributed by atoms with van der Waals surface area (Å²) >= 11 is 0. The van der Waals surface area contributed by atoms with Crippen LogP contribution in [0.15, 0.2) is 28.8 Å². The number of piperidine rings is 1. The number of rotatable bonds is 7. The standard InChI is InChI=1S/C24H33N3O4/c1-26(2)16-20-22(30-18-6-4-3-5-7-18)11-9-19-21(25-31-23(19)20)10-8-17-12-14-27(15-13-17)24(28)29/h4,6,9,11,17-18H,3,5,7-8,10,12-16H2,1-2H3,(H,28,29). The van der Waals surface area contributed by atoms with Crippen LogP contribution in [0.2, 0.25) is 0 Å². The molecule has 4 rings (SSSR count). The van der Waals surface area contributed by atoms with Crippen LogP contribution in [0, 0.1) is 5.92 Å². The fourth-order valence-corrected chi connectivity index (χ4v) is 4.64. The molecule has 0 bridgehead atoms. The van der Waals surface area contributed by atoms with E-state index in [-0.39, 0.29) is 6.10 Å². The van der Waals surface area contributed by atoms with Crippen LogP contribution in [-0.2, 0) is 13.0 Å². The van der Waals surface area contributed by atoms with Gasteiger partial charge in [-0.1, -0.05) is 11.2 Å². The Balaban J connectivity index is 1.48. The molecule has 2 heterocycles. The van der Waals surface area contributed by atoms with Gasteiger partial charge in [0.05, 0.1) is 11.3 Å². The van der Waals surface area contributed by atoms with Crippen LogP contribution in [0.1, 0.15) is 49.8 Å². The zero-order valence-electron chi connectivity index (χ0n) is 18.5. The van der Waals surface area contributed by atoms with E-state index in [1.165, 1.54) is 4.90 Å². The maximum absolute atomic E-state index is 11.1. The van der Waals surface area contributed by atoms with E-state index in [0.717, 1.165) is 79.5 Å². The molecule has 1 saturated heterocycles. The zero-order chi connectivity index (χ0) is 21.8. The second kappa shape index (κ2) is 9.73. The second-order valence-corrected chi connectivity index (χ2v) is 9.05. The largest absolute Gasteiger partial charge is 0.486 e. The summed E-state index contributed by atoms with van der Waals surface area (Å²) in [6.45, 7) is 1.98. The van der Waals surface area contributed by atoms with E-state index in [2.05, 4.69) is 34.3 Å². The Kier molecular flexibility index (Phi) is 6.80. The summed E-state index contributed by atoms with van der Waals surface area (Å²) in [5.74, 6) is 1.41. The number of nitrogens with zero attached hydrogens (tertiary/aromatic N) is 3. The fourth-order valence-electron chi connectivity index (χ4n) is 4.64. The Morgan fingerprint density at radius 2 is 2.10 bits per heavy atom. The van der Waals surface area contributed by atoms with Gasteiger partial charge in [-0.15, -0.1) is 0 Å². The first kappa shape index (κ1) is 21.7. The lowest BCUT2D eigenvalue weighted by Crippen LogP contribution is -2.37. The number of fused-ring (bicyclic) bond motifs is 1. The van der Waals surface area contributed by atoms with E-state index in [4.69, 9.17) is 14.4 Å². The minimum atomic E-state index is -0.809. The van der Waals surface area contributed by atoms with Gasteiger partial charge in [-0.25, -0.2) is 4.79 Å². The number of likely N-dealkylation sites (tertiary alicyclic amines) is 1. The number of carboxylic acid groups (broad SMARTS) is 1. The average Bonchev–Trinajstić information content (AvgIpc) is 3.18. The number of hydrogen-bond donors (Lipinski definition) is 1. The van der Waals surface area contributed by atoms with E-state index >= 15 is 0 Å². The summed E-state index contributed by atoms with van der Waals surface area (Å²) in [4.78, 5) is 14.7. The molecular weight excluding hydrogens is 394 g/mol. The molecule has 1 aromatic carbocycles. The van der Waals surface area contributed by atoms with Crippen LogP contribution < -0.4 is 4.74 Å². The molecule has 1 aliphatic heterocycles. The molecule has 1 fully saturated rings. The van der Waals surface area contributed by atoms with Crippen molar-refractivity contribution >= 4 is 17.1 Å². The van der Waals surface area contributed by atoms with Gasteiger partial charge in [-0.05, 0) is 83.2 Å². The van der Waals surface area contributed by atoms with Crippen molar-refractivity contribution in [3.63, 3.8) is 0 Å². The summed E-state index contributed by atoms with van der Waals surface area (Å²) in [6.07, 6.45) is 10.7. The van der Waals surface area contributed by atoms with Crippen molar-refractivity contribution in [3.05, 3.63) is 35.5 Å². The van der Waals surface area contributed by atoms with Crippen molar-refractivity contribution in [2.45, 2.75) is 57.6 Å². The molecule has 0 spiro atoms. The first-order valence-corrected chi connectivity index (χ1v) is 11.4. The molecule has 1 amide bonds. The SMILES string of the molecule is CN(C)Cc1c(OC2C=CCCC2)ccc2c(CCC3CCN(C(=O)O)CC3)noc12. The maximum atomic E-state index is 11.1. The molecule has 1 N–H and O–H groups in total. The molecule has 0 radical (unpaired) electrons. The predicted octanol–water partition coefficient (Wildman–Crippen LogP) is 4.70. The van der Waals surface area contributed by atoms with Crippen molar-refractivity contribution in [1.29, 1.82) is 0 Å². The monoisotopic (exact) mass is 427 g/mol. The van der Waals surface area contributed by atoms with Crippen LogP contribution in [0.3, 0.4) is 0 Å². The van der Waals surface area contributed by atoms with Crippen LogP contribution in [0.5, 0.6) is 5.75 Å². The number of carbonyl (C=O) groups is 1. The van der Waals surface area contributed by atoms with Crippen molar-refractivity contribution < 1.29 is 19.2 Å². The zero-order valence-corrected chi connectivity index (χ0v) is 18.5. The third-order valence-corrected chi connectivity index (χ3v) is 6.41. The highest BCUT2D eigenvalue weighted by molar-refractivity contribution is 5.84. The highest BCUT2D eigenvalue weighted by Gasteiger charge is 2.24. The lowest BCUT2D eigenvalue weighted by atomic mass is 9.91. The minimum absolute atomic E-state index is 0.117. The van der Waals surface area contributed by atoms with Crippen LogP contribution in [0.25, 0.3) is 11.0 Å². The molecule has 31 heavy (non-hydrogen) atoms. The molecule has 2 aliphatic rings. The molecule has 2 aromatic rings. The maximum Gasteiger partial charge on any atom is 0.407 e. The third-order valence-electron chi connectivity index (χ3n) is 6.41. The van der Waals surface area contributed by atoms with Gasteiger partial charge in [-0.2, -0.15) is 0 Å². The number of amides is 1. The minimum Gasteiger partial charge on any atom is -0.486 e. The van der Waals surface area contributed by atoms with E-state index in [1.54, 1.807) is 0 Å². The fraction of sp³-hybridized carbons (Fsp3) is 0.583. The lowest BCUT2D eigenvalue weighted by molar-refractivity contribution is 0.123. The quantitative estimate of drug-likeness (QED) is 0.645. The molecule has 1 atom stereocenters. The van der Waals surface area contributed by atoms with Gasteiger partial charge in [0.1, 0.15) is 11.9 Å². The number of hydrogen-bond acceptors (Lipinski definition) is 5. The van der Waals surface area contributed by atoms with Crippen LogP contribution >= 0.6 is 0 Å². The Hall–Kier alpha value is -2.54. The first-order valence-electron chi connectivity index (χ1n) is 11.4. The van der Waals surface area contributed by atoms with Crippen molar-refractivity contribution in [3.8, 4) is 5.75 Å². The average molecular weight is 428 g/mol. The van der Waals surface area contributed by atoms with Crippen LogP contribution in [-0.4, -0.2) is 59.4 Å². The van der Waals surface area contributed by atoms with Crippen LogP contribution in [0.4, 0.5) is 4.79 Å². The van der Waals surface area contributed by atoms with Gasteiger partial charge in [-0.3, -0.25) is 0 Å². The van der Waals surface area contributed by atoms with Gasteiger partial charge in [0.15, 0.2) is 5.58 Å². The highest BCUT2D eigenvalue weighted by atomic mass is 16.5. The molecular formula is C24H33N3O4. The Bertz CT molecular complexity index is 928. The Morgan fingerprint density at radius 3 is 2.77 bits per heavy atom. The van der Waals surface area contributed by atoms with Gasteiger partial charge in [0.2, 0.25) is 0 Å². The van der Waals surface area contributed by atoms with Gasteiger partial charge >= 0.3 is 6.09 Å². The molecule has 7 heteroatoms. The van der Waals surface area contributed by atoms with E-state index in [0.29, 0.717) is 19.0 Å². The summed E-state index contributed by atoms with van der Waals surface area (Å²) in [6, 6.07) is 4.14. The lowest BCUT2D eigenvalue weighted by Gasteiger charge is -2.29. The van der Waals surface area contributed by atoms with E-state index in [1.807, 2.05) is 14.1 Å². The van der Waals surface area contributed by atoms with Gasteiger partial charge in [0, 0.05) is 25.0 Å². The van der Waals surface area contributed by atoms with Crippen molar-refractivity contribution in [2.24, 2.45) is 5.92 Å². The Labute approximate surface area is 183 Å². The third kappa shape index (κ3) is 5.21. The van der Waals surface area contributed by atoms with E-state index in [9.17, 15) is 4.79 Å². The normalized spacial score (nSPS) is 20.0. The molecule has 1 unspecified atom stereocenters. The number of aryl methyl sites for hydroxylation is 1. The smallest absolute Gasteiger partial charge is 0.407 e. The van der Waals surface area contributed by atoms with Crippen molar-refractivity contribution in [2.75, 3.05) is 27.2 Å². The number of benzene rings is 1. The highest BCUT2D eigenvalue weighted by Crippen LogP contribution is 2.34. The topological polar surface area (TPSA) is 79.0 Å². The second-order valence-electron chi connectivity index (χ2n) is 9.05. The van der Waals surface area contributed by atoms with Crippen molar-refractivity contribution in [1.82, 2.24) is 15.0 Å². The molecule has 1 aromatic heterocycles. The molecule has 7 nitrogen and oxygen atoms in total. The molecule has 1 aliphatic carbocycles. The van der Waals surface area contributed by atoms with E-state index < -0.39 is 6.09 Å². The summed E-state index contributed by atoms with van der Waals surface area (Å²) < 4.78 is 12.2. The summed E-state index contributed by atoms with van der Waals surface area (Å²) in [5.41, 5.74) is 2.86. The number of ether oxygens (including phenoxy) is 1. The summed E-state index contributed by atoms with van der Waals surface area (Å²) in [5, 5.41) is 14.6. The molecule has 0 saturated carbocycles. The number of aromatic nitrogens is 1. The van der Waals surface area contributed by atoms with Gasteiger partial charge in [0.25, 0.3) is 0 Å². The first-order chi connectivity index (χ1) is 15.0. The number of allylic oxidation sites excluding steroid dienone is 1.